The van der Waals surface area contributed by atoms with Crippen LogP contribution in [0.1, 0.15) is 42.5 Å². The fraction of sp³-hybridized carbons (Fsp3) is 0.143. The van der Waals surface area contributed by atoms with Crippen molar-refractivity contribution in [3.05, 3.63) is 106 Å². The maximum absolute atomic E-state index is 13.9. The minimum Gasteiger partial charge on any atom is -0.463 e. The van der Waals surface area contributed by atoms with Gasteiger partial charge in [0.25, 0.3) is 5.56 Å². The highest BCUT2D eigenvalue weighted by molar-refractivity contribution is 5.99. The molecular weight excluding hydrogens is 470 g/mol. The van der Waals surface area contributed by atoms with E-state index < -0.39 is 5.92 Å². The van der Waals surface area contributed by atoms with Crippen molar-refractivity contribution in [1.82, 2.24) is 19.7 Å². The molecule has 0 bridgehead atoms. The lowest BCUT2D eigenvalue weighted by molar-refractivity contribution is -0.116. The summed E-state index contributed by atoms with van der Waals surface area (Å²) in [5, 5.41) is 7.62. The molecule has 0 atom stereocenters. The zero-order valence-electron chi connectivity index (χ0n) is 20.1. The number of rotatable bonds is 5. The summed E-state index contributed by atoms with van der Waals surface area (Å²) in [7, 11) is 0. The van der Waals surface area contributed by atoms with Crippen molar-refractivity contribution in [3.8, 4) is 28.9 Å². The first-order valence-corrected chi connectivity index (χ1v) is 11.9. The van der Waals surface area contributed by atoms with Crippen LogP contribution in [0.3, 0.4) is 0 Å². The number of amides is 1. The largest absolute Gasteiger partial charge is 0.463 e. The minimum absolute atomic E-state index is 0.0226. The molecule has 2 N–H and O–H groups in total. The number of nitrogens with one attached hydrogen (secondary N) is 2. The van der Waals surface area contributed by atoms with E-state index in [1.54, 1.807) is 24.5 Å². The van der Waals surface area contributed by atoms with Crippen molar-refractivity contribution in [2.24, 2.45) is 0 Å². The predicted octanol–water partition coefficient (Wildman–Crippen LogP) is 5.22. The number of benzene rings is 2. The van der Waals surface area contributed by atoms with Crippen LogP contribution in [0.4, 0.5) is 5.82 Å². The SMILES string of the molecule is CC(C)c1cc(=O)[nH]c(-n2nc(-c3ccco3)cc2NC(=O)C2c3ccccc3Oc3ccccc32)n1. The van der Waals surface area contributed by atoms with E-state index in [-0.39, 0.29) is 23.3 Å². The van der Waals surface area contributed by atoms with E-state index in [1.807, 2.05) is 62.4 Å². The van der Waals surface area contributed by atoms with Gasteiger partial charge in [-0.3, -0.25) is 14.6 Å². The average molecular weight is 494 g/mol. The van der Waals surface area contributed by atoms with Crippen molar-refractivity contribution >= 4 is 11.7 Å². The number of carbonyl (C=O) groups is 1. The maximum Gasteiger partial charge on any atom is 0.252 e. The molecule has 9 nitrogen and oxygen atoms in total. The Balaban J connectivity index is 1.45. The van der Waals surface area contributed by atoms with Gasteiger partial charge in [0.1, 0.15) is 23.0 Å². The molecule has 5 aromatic rings. The van der Waals surface area contributed by atoms with Crippen LogP contribution in [0, 0.1) is 0 Å². The molecule has 1 amide bonds. The molecule has 0 saturated heterocycles. The number of furan rings is 1. The van der Waals surface area contributed by atoms with Gasteiger partial charge in [-0.2, -0.15) is 9.78 Å². The molecule has 1 aliphatic rings. The van der Waals surface area contributed by atoms with Gasteiger partial charge in [0.2, 0.25) is 11.9 Å². The standard InChI is InChI=1S/C28H23N5O4/c1-16(2)19-15-25(34)31-28(29-19)33-24(14-20(32-33)23-12-7-13-36-23)30-27(35)26-17-8-3-5-10-21(17)37-22-11-6-4-9-18(22)26/h3-16,26H,1-2H3,(H,30,35)(H,29,31,34). The van der Waals surface area contributed by atoms with Gasteiger partial charge in [-0.15, -0.1) is 0 Å². The zero-order chi connectivity index (χ0) is 25.5. The van der Waals surface area contributed by atoms with Crippen LogP contribution in [0.25, 0.3) is 17.4 Å². The number of anilines is 1. The van der Waals surface area contributed by atoms with E-state index in [2.05, 4.69) is 20.4 Å². The van der Waals surface area contributed by atoms with Crippen LogP contribution in [0.2, 0.25) is 0 Å². The summed E-state index contributed by atoms with van der Waals surface area (Å²) >= 11 is 0. The van der Waals surface area contributed by atoms with Gasteiger partial charge in [0, 0.05) is 23.3 Å². The number of aromatic nitrogens is 4. The third-order valence-corrected chi connectivity index (χ3v) is 6.22. The molecule has 0 aliphatic carbocycles. The van der Waals surface area contributed by atoms with Crippen LogP contribution in [0.5, 0.6) is 11.5 Å². The van der Waals surface area contributed by atoms with Crippen LogP contribution >= 0.6 is 0 Å². The highest BCUT2D eigenvalue weighted by Crippen LogP contribution is 2.44. The summed E-state index contributed by atoms with van der Waals surface area (Å²) in [5.41, 5.74) is 2.28. The number of para-hydroxylation sites is 2. The molecule has 3 aromatic heterocycles. The number of H-pyrrole nitrogens is 1. The summed E-state index contributed by atoms with van der Waals surface area (Å²) in [4.78, 5) is 33.6. The highest BCUT2D eigenvalue weighted by Gasteiger charge is 2.33. The summed E-state index contributed by atoms with van der Waals surface area (Å²) in [6.45, 7) is 3.90. The van der Waals surface area contributed by atoms with Gasteiger partial charge in [-0.25, -0.2) is 4.98 Å². The quantitative estimate of drug-likeness (QED) is 0.347. The lowest BCUT2D eigenvalue weighted by atomic mass is 9.87. The fourth-order valence-electron chi connectivity index (χ4n) is 4.43. The Morgan fingerprint density at radius 2 is 1.70 bits per heavy atom. The molecule has 9 heteroatoms. The zero-order valence-corrected chi connectivity index (χ0v) is 20.1. The van der Waals surface area contributed by atoms with E-state index >= 15 is 0 Å². The number of hydrogen-bond donors (Lipinski definition) is 2. The van der Waals surface area contributed by atoms with E-state index in [1.165, 1.54) is 10.7 Å². The molecule has 0 fully saturated rings. The van der Waals surface area contributed by atoms with E-state index in [4.69, 9.17) is 9.15 Å². The first-order chi connectivity index (χ1) is 18.0. The molecule has 0 unspecified atom stereocenters. The van der Waals surface area contributed by atoms with Gasteiger partial charge in [-0.05, 0) is 30.2 Å². The van der Waals surface area contributed by atoms with Crippen LogP contribution in [-0.2, 0) is 4.79 Å². The fourth-order valence-corrected chi connectivity index (χ4v) is 4.43. The first kappa shape index (κ1) is 22.5. The predicted molar refractivity (Wildman–Crippen MR) is 137 cm³/mol. The maximum atomic E-state index is 13.9. The third-order valence-electron chi connectivity index (χ3n) is 6.22. The van der Waals surface area contributed by atoms with Gasteiger partial charge < -0.3 is 14.5 Å². The van der Waals surface area contributed by atoms with Gasteiger partial charge >= 0.3 is 0 Å². The van der Waals surface area contributed by atoms with E-state index in [9.17, 15) is 9.59 Å². The van der Waals surface area contributed by atoms with Crippen LogP contribution in [0.15, 0.2) is 88.3 Å². The van der Waals surface area contributed by atoms with Crippen LogP contribution in [-0.4, -0.2) is 25.7 Å². The molecule has 2 aromatic carbocycles. The molecular formula is C28H23N5O4. The third kappa shape index (κ3) is 4.10. The molecule has 0 spiro atoms. The molecule has 4 heterocycles. The van der Waals surface area contributed by atoms with E-state index in [0.29, 0.717) is 34.5 Å². The Morgan fingerprint density at radius 1 is 1.00 bits per heavy atom. The van der Waals surface area contributed by atoms with Crippen molar-refractivity contribution in [1.29, 1.82) is 0 Å². The van der Waals surface area contributed by atoms with Crippen molar-refractivity contribution in [2.45, 2.75) is 25.7 Å². The molecule has 0 radical (unpaired) electrons. The Morgan fingerprint density at radius 3 is 2.35 bits per heavy atom. The lowest BCUT2D eigenvalue weighted by Crippen LogP contribution is -2.26. The van der Waals surface area contributed by atoms with Gasteiger partial charge in [-0.1, -0.05) is 50.2 Å². The summed E-state index contributed by atoms with van der Waals surface area (Å²) in [6.07, 6.45) is 1.54. The number of fused-ring (bicyclic) bond motifs is 2. The summed E-state index contributed by atoms with van der Waals surface area (Å²) in [6, 6.07) is 21.6. The molecule has 184 valence electrons. The van der Waals surface area contributed by atoms with Crippen LogP contribution < -0.4 is 15.6 Å². The Labute approximate surface area is 211 Å². The monoisotopic (exact) mass is 493 g/mol. The highest BCUT2D eigenvalue weighted by atomic mass is 16.5. The Hall–Kier alpha value is -4.92. The van der Waals surface area contributed by atoms with Crippen molar-refractivity contribution in [3.63, 3.8) is 0 Å². The number of aromatic amines is 1. The minimum atomic E-state index is -0.620. The first-order valence-electron chi connectivity index (χ1n) is 11.9. The second-order valence-electron chi connectivity index (χ2n) is 9.05. The van der Waals surface area contributed by atoms with Crippen molar-refractivity contribution < 1.29 is 13.9 Å². The van der Waals surface area contributed by atoms with Gasteiger partial charge in [0.05, 0.1) is 17.9 Å². The molecule has 0 saturated carbocycles. The summed E-state index contributed by atoms with van der Waals surface area (Å²) < 4.78 is 13.0. The molecule has 6 rings (SSSR count). The van der Waals surface area contributed by atoms with Gasteiger partial charge in [0.15, 0.2) is 5.76 Å². The second-order valence-corrected chi connectivity index (χ2v) is 9.05. The topological polar surface area (TPSA) is 115 Å². The normalized spacial score (nSPS) is 12.6. The number of nitrogens with zero attached hydrogens (tertiary/aromatic N) is 3. The summed E-state index contributed by atoms with van der Waals surface area (Å²) in [5.74, 6) is 1.42. The number of ether oxygens (including phenoxy) is 1. The molecule has 1 aliphatic heterocycles. The number of hydrogen-bond acceptors (Lipinski definition) is 6. The molecule has 37 heavy (non-hydrogen) atoms. The average Bonchev–Trinajstić information content (AvgIpc) is 3.57. The lowest BCUT2D eigenvalue weighted by Gasteiger charge is -2.27. The van der Waals surface area contributed by atoms with Crippen molar-refractivity contribution in [2.75, 3.05) is 5.32 Å². The van der Waals surface area contributed by atoms with E-state index in [0.717, 1.165) is 11.1 Å². The smallest absolute Gasteiger partial charge is 0.252 e. The Kier molecular flexibility index (Phi) is 5.45. The Bertz CT molecular complexity index is 1620. The number of carbonyl (C=O) groups excluding carboxylic acids is 1. The second kappa shape index (κ2) is 8.94.